The summed E-state index contributed by atoms with van der Waals surface area (Å²) in [5.74, 6) is -0.00986. The molecule has 0 saturated carbocycles. The van der Waals surface area contributed by atoms with E-state index in [9.17, 15) is 14.9 Å². The predicted octanol–water partition coefficient (Wildman–Crippen LogP) is 2.88. The average molecular weight is 381 g/mol. The largest absolute Gasteiger partial charge is 0.378 e. The number of nitro groups is 1. The van der Waals surface area contributed by atoms with Crippen LogP contribution < -0.4 is 0 Å². The Morgan fingerprint density at radius 2 is 1.86 bits per heavy atom. The summed E-state index contributed by atoms with van der Waals surface area (Å²) in [5.41, 5.74) is 1.69. The van der Waals surface area contributed by atoms with Crippen molar-refractivity contribution in [2.75, 3.05) is 26.3 Å². The van der Waals surface area contributed by atoms with Crippen molar-refractivity contribution in [3.05, 3.63) is 58.3 Å². The number of ketones is 1. The molecule has 4 rings (SSSR count). The van der Waals surface area contributed by atoms with E-state index in [4.69, 9.17) is 4.74 Å². The van der Waals surface area contributed by atoms with Gasteiger partial charge >= 0.3 is 0 Å². The molecule has 7 heteroatoms. The lowest BCUT2D eigenvalue weighted by Crippen LogP contribution is -2.52. The molecule has 2 aromatic rings. The summed E-state index contributed by atoms with van der Waals surface area (Å²) in [4.78, 5) is 30.7. The Bertz CT molecular complexity index is 859. The van der Waals surface area contributed by atoms with Gasteiger partial charge in [-0.25, -0.2) is 4.98 Å². The smallest absolute Gasteiger partial charge is 0.291 e. The normalized spacial score (nSPS) is 18.6. The minimum Gasteiger partial charge on any atom is -0.378 e. The molecule has 0 unspecified atom stereocenters. The molecule has 0 bridgehead atoms. The molecule has 0 atom stereocenters. The predicted molar refractivity (Wildman–Crippen MR) is 104 cm³/mol. The van der Waals surface area contributed by atoms with Gasteiger partial charge in [-0.2, -0.15) is 0 Å². The van der Waals surface area contributed by atoms with Gasteiger partial charge in [0.25, 0.3) is 5.69 Å². The molecule has 0 amide bonds. The van der Waals surface area contributed by atoms with E-state index in [-0.39, 0.29) is 29.5 Å². The third kappa shape index (κ3) is 3.95. The highest BCUT2D eigenvalue weighted by Crippen LogP contribution is 2.27. The lowest BCUT2D eigenvalue weighted by atomic mass is 9.89. The second kappa shape index (κ2) is 8.16. The van der Waals surface area contributed by atoms with Gasteiger partial charge in [0.2, 0.25) is 0 Å². The Hall–Kier alpha value is -2.64. The van der Waals surface area contributed by atoms with E-state index >= 15 is 0 Å². The lowest BCUT2D eigenvalue weighted by molar-refractivity contribution is -0.385. The molecular weight excluding hydrogens is 358 g/mol. The van der Waals surface area contributed by atoms with Gasteiger partial charge in [0.05, 0.1) is 36.3 Å². The number of piperidine rings is 1. The van der Waals surface area contributed by atoms with Gasteiger partial charge in [0, 0.05) is 17.5 Å². The maximum Gasteiger partial charge on any atom is 0.291 e. The van der Waals surface area contributed by atoms with E-state index in [1.807, 2.05) is 30.3 Å². The van der Waals surface area contributed by atoms with E-state index < -0.39 is 4.92 Å². The maximum atomic E-state index is 12.8. The molecule has 28 heavy (non-hydrogen) atoms. The summed E-state index contributed by atoms with van der Waals surface area (Å²) in [6.07, 6.45) is 1.59. The second-order valence-corrected chi connectivity index (χ2v) is 7.43. The van der Waals surface area contributed by atoms with Crippen molar-refractivity contribution in [1.82, 2.24) is 9.88 Å². The van der Waals surface area contributed by atoms with Crippen LogP contribution >= 0.6 is 0 Å². The van der Waals surface area contributed by atoms with Crippen molar-refractivity contribution in [1.29, 1.82) is 0 Å². The van der Waals surface area contributed by atoms with Crippen LogP contribution in [0, 0.1) is 16.0 Å². The number of carbonyl (C=O) groups is 1. The molecule has 2 saturated heterocycles. The molecule has 1 aromatic carbocycles. The summed E-state index contributed by atoms with van der Waals surface area (Å²) in [6, 6.07) is 13.1. The van der Waals surface area contributed by atoms with Crippen molar-refractivity contribution in [3.8, 4) is 11.3 Å². The first-order chi connectivity index (χ1) is 13.6. The first-order valence-electron chi connectivity index (χ1n) is 9.66. The zero-order valence-electron chi connectivity index (χ0n) is 15.6. The van der Waals surface area contributed by atoms with Gasteiger partial charge in [-0.1, -0.05) is 30.3 Å². The highest BCUT2D eigenvalue weighted by Gasteiger charge is 2.32. The van der Waals surface area contributed by atoms with E-state index in [2.05, 4.69) is 9.88 Å². The van der Waals surface area contributed by atoms with Gasteiger partial charge in [-0.05, 0) is 32.0 Å². The number of aromatic nitrogens is 1. The molecule has 2 aliphatic heterocycles. The highest BCUT2D eigenvalue weighted by molar-refractivity contribution is 5.84. The van der Waals surface area contributed by atoms with Crippen LogP contribution in [0.5, 0.6) is 0 Å². The summed E-state index contributed by atoms with van der Waals surface area (Å²) in [6.45, 7) is 3.32. The molecule has 0 aliphatic carbocycles. The van der Waals surface area contributed by atoms with Crippen LogP contribution in [-0.2, 0) is 16.0 Å². The molecule has 3 heterocycles. The minimum absolute atomic E-state index is 0.00813. The Labute approximate surface area is 163 Å². The standard InChI is InChI=1S/C21H23N3O4/c25-21(16-8-10-23(11-9-16)17-13-28-14-17)12-19-20(24(26)27)7-6-18(22-19)15-4-2-1-3-5-15/h1-7,16-17H,8-14H2. The van der Waals surface area contributed by atoms with Crippen molar-refractivity contribution in [2.24, 2.45) is 5.92 Å². The number of hydrogen-bond acceptors (Lipinski definition) is 6. The summed E-state index contributed by atoms with van der Waals surface area (Å²) in [7, 11) is 0. The van der Waals surface area contributed by atoms with Crippen LogP contribution in [0.2, 0.25) is 0 Å². The lowest BCUT2D eigenvalue weighted by Gasteiger charge is -2.41. The van der Waals surface area contributed by atoms with E-state index in [1.165, 1.54) is 6.07 Å². The molecular formula is C21H23N3O4. The number of rotatable bonds is 6. The fourth-order valence-electron chi connectivity index (χ4n) is 3.89. The number of ether oxygens (including phenoxy) is 1. The third-order valence-electron chi connectivity index (χ3n) is 5.68. The quantitative estimate of drug-likeness (QED) is 0.565. The Morgan fingerprint density at radius 3 is 2.46 bits per heavy atom. The Balaban J connectivity index is 1.48. The summed E-state index contributed by atoms with van der Waals surface area (Å²) < 4.78 is 5.24. The van der Waals surface area contributed by atoms with Crippen molar-refractivity contribution >= 4 is 11.5 Å². The SMILES string of the molecule is O=C(Cc1nc(-c2ccccc2)ccc1[N+](=O)[O-])C1CCN(C2COC2)CC1. The molecule has 1 aromatic heterocycles. The van der Waals surface area contributed by atoms with Crippen molar-refractivity contribution in [3.63, 3.8) is 0 Å². The number of hydrogen-bond donors (Lipinski definition) is 0. The molecule has 0 spiro atoms. The maximum absolute atomic E-state index is 12.8. The monoisotopic (exact) mass is 381 g/mol. The first kappa shape index (κ1) is 18.7. The Morgan fingerprint density at radius 1 is 1.14 bits per heavy atom. The number of nitrogens with zero attached hydrogens (tertiary/aromatic N) is 3. The van der Waals surface area contributed by atoms with Gasteiger partial charge in [0.1, 0.15) is 11.5 Å². The minimum atomic E-state index is -0.455. The molecule has 146 valence electrons. The molecule has 7 nitrogen and oxygen atoms in total. The van der Waals surface area contributed by atoms with Gasteiger partial charge in [-0.3, -0.25) is 19.8 Å². The van der Waals surface area contributed by atoms with Crippen LogP contribution in [0.4, 0.5) is 5.69 Å². The van der Waals surface area contributed by atoms with Crippen LogP contribution in [-0.4, -0.2) is 52.9 Å². The topological polar surface area (TPSA) is 85.6 Å². The van der Waals surface area contributed by atoms with Crippen LogP contribution in [0.15, 0.2) is 42.5 Å². The van der Waals surface area contributed by atoms with Gasteiger partial charge in [0.15, 0.2) is 0 Å². The second-order valence-electron chi connectivity index (χ2n) is 7.43. The number of pyridine rings is 1. The fourth-order valence-corrected chi connectivity index (χ4v) is 3.89. The molecule has 0 radical (unpaired) electrons. The highest BCUT2D eigenvalue weighted by atomic mass is 16.6. The first-order valence-corrected chi connectivity index (χ1v) is 9.66. The van der Waals surface area contributed by atoms with Crippen LogP contribution in [0.1, 0.15) is 18.5 Å². The van der Waals surface area contributed by atoms with Gasteiger partial charge in [-0.15, -0.1) is 0 Å². The number of carbonyl (C=O) groups excluding carboxylic acids is 1. The summed E-state index contributed by atoms with van der Waals surface area (Å²) >= 11 is 0. The van der Waals surface area contributed by atoms with Crippen molar-refractivity contribution in [2.45, 2.75) is 25.3 Å². The zero-order chi connectivity index (χ0) is 19.5. The summed E-state index contributed by atoms with van der Waals surface area (Å²) in [5, 5.41) is 11.4. The van der Waals surface area contributed by atoms with E-state index in [1.54, 1.807) is 6.07 Å². The molecule has 2 fully saturated rings. The number of likely N-dealkylation sites (tertiary alicyclic amines) is 1. The third-order valence-corrected chi connectivity index (χ3v) is 5.68. The van der Waals surface area contributed by atoms with Crippen LogP contribution in [0.3, 0.4) is 0 Å². The molecule has 2 aliphatic rings. The number of Topliss-reactive ketones (excluding diaryl/α,β-unsaturated/α-hetero) is 1. The van der Waals surface area contributed by atoms with E-state index in [0.29, 0.717) is 11.7 Å². The van der Waals surface area contributed by atoms with Gasteiger partial charge < -0.3 is 4.74 Å². The average Bonchev–Trinajstić information content (AvgIpc) is 2.67. The molecule has 0 N–H and O–H groups in total. The van der Waals surface area contributed by atoms with E-state index in [0.717, 1.165) is 44.7 Å². The zero-order valence-corrected chi connectivity index (χ0v) is 15.6. The fraction of sp³-hybridized carbons (Fsp3) is 0.429. The van der Waals surface area contributed by atoms with Crippen molar-refractivity contribution < 1.29 is 14.5 Å². The Kier molecular flexibility index (Phi) is 5.45. The van der Waals surface area contributed by atoms with Crippen LogP contribution in [0.25, 0.3) is 11.3 Å². The number of benzene rings is 1.